The van der Waals surface area contributed by atoms with Crippen molar-refractivity contribution in [2.75, 3.05) is 29.0 Å². The molecule has 5 N–H and O–H groups in total. The predicted molar refractivity (Wildman–Crippen MR) is 208 cm³/mol. The normalized spacial score (nSPS) is 13.3. The summed E-state index contributed by atoms with van der Waals surface area (Å²) >= 11 is 5.72. The number of amides is 5. The maximum Gasteiger partial charge on any atom is 0.323 e. The average molecular weight is 750 g/mol. The molecule has 2 aromatic heterocycles. The topological polar surface area (TPSA) is 188 Å². The molecule has 0 bridgehead atoms. The Morgan fingerprint density at radius 2 is 1.55 bits per heavy atom. The number of unbranched alkanes of at least 4 members (excludes halogenated alkanes) is 5. The molecular formula is C39H52ClN7O6. The van der Waals surface area contributed by atoms with Gasteiger partial charge in [-0.1, -0.05) is 70.2 Å². The third-order valence-corrected chi connectivity index (χ3v) is 8.22. The lowest BCUT2D eigenvalue weighted by molar-refractivity contribution is -0.135. The van der Waals surface area contributed by atoms with Crippen LogP contribution >= 0.6 is 11.6 Å². The number of aromatic nitrogens is 2. The van der Waals surface area contributed by atoms with Crippen LogP contribution < -0.4 is 26.6 Å². The number of nitrogens with one attached hydrogen (secondary N) is 5. The smallest absolute Gasteiger partial charge is 0.323 e. The largest absolute Gasteiger partial charge is 0.384 e. The molecule has 0 saturated carbocycles. The standard InChI is InChI=1S/C21H32N2O3.C12H11ClN4O.C6H9NO2/c1-16(2)21(26)20-18(17(3)25)11-10-12-19(20)23-14-9-7-5-4-6-8-13-22-15-24;1-8-6-9(2-4-14-8)16-12(18)17-10-3-5-15-11(13)7-10;1-4-2-3-5(8)7-6(4)9/h10-12,15-16,23H,4-9,13-14H2,1-3H3,(H,22,24);2-7H,1H3,(H2,14,15,16,17,18);4H,2-3H2,1H3,(H,7,8,9). The fourth-order valence-electron chi connectivity index (χ4n) is 5.09. The van der Waals surface area contributed by atoms with Crippen LogP contribution in [0.2, 0.25) is 5.15 Å². The third-order valence-electron chi connectivity index (χ3n) is 8.01. The quantitative estimate of drug-likeness (QED) is 0.0328. The fourth-order valence-corrected chi connectivity index (χ4v) is 5.26. The first-order valence-electron chi connectivity index (χ1n) is 17.9. The van der Waals surface area contributed by atoms with Crippen LogP contribution in [0.3, 0.4) is 0 Å². The van der Waals surface area contributed by atoms with Gasteiger partial charge in [0.25, 0.3) is 0 Å². The highest BCUT2D eigenvalue weighted by molar-refractivity contribution is 6.29. The van der Waals surface area contributed by atoms with Crippen LogP contribution in [0, 0.1) is 18.8 Å². The van der Waals surface area contributed by atoms with E-state index >= 15 is 0 Å². The van der Waals surface area contributed by atoms with Gasteiger partial charge in [0.05, 0.1) is 5.56 Å². The Kier molecular flexibility index (Phi) is 20.0. The van der Waals surface area contributed by atoms with Gasteiger partial charge in [0.15, 0.2) is 11.6 Å². The molecule has 13 nitrogen and oxygen atoms in total. The van der Waals surface area contributed by atoms with Gasteiger partial charge in [0.2, 0.25) is 18.2 Å². The number of hydrogen-bond acceptors (Lipinski definition) is 9. The molecule has 53 heavy (non-hydrogen) atoms. The van der Waals surface area contributed by atoms with Crippen LogP contribution in [-0.2, 0) is 14.4 Å². The molecule has 0 spiro atoms. The highest BCUT2D eigenvalue weighted by atomic mass is 35.5. The van der Waals surface area contributed by atoms with E-state index in [0.717, 1.165) is 69.4 Å². The van der Waals surface area contributed by atoms with E-state index < -0.39 is 0 Å². The lowest BCUT2D eigenvalue weighted by atomic mass is 9.93. The van der Waals surface area contributed by atoms with Gasteiger partial charge >= 0.3 is 6.03 Å². The SMILES string of the molecule is CC(=O)c1cccc(NCCCCCCCCNC=O)c1C(=O)C(C)C.CC1CCC(=O)NC1=O.Cc1cc(NC(=O)Nc2ccnc(Cl)c2)ccn1. The van der Waals surface area contributed by atoms with Gasteiger partial charge < -0.3 is 21.3 Å². The summed E-state index contributed by atoms with van der Waals surface area (Å²) < 4.78 is 0. The number of Topliss-reactive ketones (excluding diaryl/α,β-unsaturated/α-hetero) is 2. The first-order valence-corrected chi connectivity index (χ1v) is 18.2. The zero-order valence-corrected chi connectivity index (χ0v) is 32.0. The Hall–Kier alpha value is -5.17. The van der Waals surface area contributed by atoms with Gasteiger partial charge in [0, 0.05) is 72.1 Å². The van der Waals surface area contributed by atoms with Crippen molar-refractivity contribution in [3.63, 3.8) is 0 Å². The first kappa shape index (κ1) is 44.0. The van der Waals surface area contributed by atoms with Crippen molar-refractivity contribution in [3.8, 4) is 0 Å². The fraction of sp³-hybridized carbons (Fsp3) is 0.436. The van der Waals surface area contributed by atoms with Gasteiger partial charge in [-0.15, -0.1) is 0 Å². The summed E-state index contributed by atoms with van der Waals surface area (Å²) in [4.78, 5) is 75.3. The molecule has 1 unspecified atom stereocenters. The van der Waals surface area contributed by atoms with E-state index in [4.69, 9.17) is 11.6 Å². The summed E-state index contributed by atoms with van der Waals surface area (Å²) in [5.74, 6) is -0.485. The maximum absolute atomic E-state index is 12.6. The molecule has 286 valence electrons. The molecule has 0 aliphatic carbocycles. The van der Waals surface area contributed by atoms with Crippen LogP contribution in [-0.4, -0.2) is 58.9 Å². The lowest BCUT2D eigenvalue weighted by Crippen LogP contribution is -2.39. The molecule has 1 aliphatic rings. The Labute approximate surface area is 316 Å². The van der Waals surface area contributed by atoms with Crippen LogP contribution in [0.25, 0.3) is 0 Å². The minimum absolute atomic E-state index is 0.00207. The summed E-state index contributed by atoms with van der Waals surface area (Å²) in [6.07, 6.45) is 11.7. The van der Waals surface area contributed by atoms with E-state index in [2.05, 4.69) is 36.6 Å². The second-order valence-electron chi connectivity index (χ2n) is 12.9. The van der Waals surface area contributed by atoms with Crippen LogP contribution in [0.15, 0.2) is 54.9 Å². The molecule has 4 rings (SSSR count). The Morgan fingerprint density at radius 3 is 2.11 bits per heavy atom. The van der Waals surface area contributed by atoms with Gasteiger partial charge in [-0.05, 0) is 63.4 Å². The number of urea groups is 1. The summed E-state index contributed by atoms with van der Waals surface area (Å²) in [6.45, 7) is 10.4. The zero-order chi connectivity index (χ0) is 39.2. The maximum atomic E-state index is 12.6. The van der Waals surface area contributed by atoms with Gasteiger partial charge in [-0.3, -0.25) is 34.3 Å². The number of ketones is 2. The lowest BCUT2D eigenvalue weighted by Gasteiger charge is -2.16. The number of nitrogens with zero attached hydrogens (tertiary/aromatic N) is 2. The summed E-state index contributed by atoms with van der Waals surface area (Å²) in [5, 5.41) is 13.9. The minimum Gasteiger partial charge on any atom is -0.384 e. The summed E-state index contributed by atoms with van der Waals surface area (Å²) in [6, 6.07) is 11.8. The zero-order valence-electron chi connectivity index (χ0n) is 31.2. The number of hydrogen-bond donors (Lipinski definition) is 5. The predicted octanol–water partition coefficient (Wildman–Crippen LogP) is 7.37. The molecule has 1 atom stereocenters. The van der Waals surface area contributed by atoms with Crippen molar-refractivity contribution in [2.24, 2.45) is 11.8 Å². The second-order valence-corrected chi connectivity index (χ2v) is 13.3. The van der Waals surface area contributed by atoms with Gasteiger partial charge in [-0.2, -0.15) is 0 Å². The highest BCUT2D eigenvalue weighted by Crippen LogP contribution is 2.24. The molecule has 1 saturated heterocycles. The summed E-state index contributed by atoms with van der Waals surface area (Å²) in [5.41, 5.74) is 3.88. The molecule has 3 aromatic rings. The Balaban J connectivity index is 0.000000308. The van der Waals surface area contributed by atoms with E-state index in [1.807, 2.05) is 39.8 Å². The Morgan fingerprint density at radius 1 is 0.925 bits per heavy atom. The number of anilines is 3. The third kappa shape index (κ3) is 17.3. The van der Waals surface area contributed by atoms with E-state index in [-0.39, 0.29) is 41.2 Å². The van der Waals surface area contributed by atoms with Gasteiger partial charge in [-0.25, -0.2) is 9.78 Å². The van der Waals surface area contributed by atoms with Crippen molar-refractivity contribution >= 4 is 64.5 Å². The van der Waals surface area contributed by atoms with Crippen molar-refractivity contribution in [1.29, 1.82) is 0 Å². The molecule has 1 aliphatic heterocycles. The van der Waals surface area contributed by atoms with Gasteiger partial charge in [0.1, 0.15) is 5.15 Å². The molecule has 0 radical (unpaired) electrons. The van der Waals surface area contributed by atoms with E-state index in [9.17, 15) is 28.8 Å². The van der Waals surface area contributed by atoms with E-state index in [0.29, 0.717) is 40.5 Å². The van der Waals surface area contributed by atoms with Crippen LogP contribution in [0.5, 0.6) is 0 Å². The van der Waals surface area contributed by atoms with Crippen molar-refractivity contribution < 1.29 is 28.8 Å². The van der Waals surface area contributed by atoms with Crippen molar-refractivity contribution in [3.05, 3.63) is 76.8 Å². The van der Waals surface area contributed by atoms with Crippen LogP contribution in [0.4, 0.5) is 21.9 Å². The molecule has 3 heterocycles. The number of imide groups is 1. The number of halogens is 1. The number of aryl methyl sites for hydroxylation is 1. The number of pyridine rings is 2. The van der Waals surface area contributed by atoms with E-state index in [1.54, 1.807) is 36.5 Å². The molecular weight excluding hydrogens is 698 g/mol. The Bertz CT molecular complexity index is 1630. The number of piperidine rings is 1. The highest BCUT2D eigenvalue weighted by Gasteiger charge is 2.22. The molecule has 1 aromatic carbocycles. The molecule has 1 fully saturated rings. The van der Waals surface area contributed by atoms with E-state index in [1.165, 1.54) is 13.1 Å². The average Bonchev–Trinajstić information content (AvgIpc) is 3.11. The first-order chi connectivity index (χ1) is 25.3. The number of carbonyl (C=O) groups excluding carboxylic acids is 6. The monoisotopic (exact) mass is 749 g/mol. The number of rotatable bonds is 16. The minimum atomic E-state index is -0.345. The van der Waals surface area contributed by atoms with Crippen molar-refractivity contribution in [2.45, 2.75) is 86.0 Å². The molecule has 14 heteroatoms. The molecule has 5 amide bonds. The van der Waals surface area contributed by atoms with Crippen LogP contribution in [0.1, 0.15) is 105 Å². The number of carbonyl (C=O) groups is 6. The second kappa shape index (κ2) is 24.1. The summed E-state index contributed by atoms with van der Waals surface area (Å²) in [7, 11) is 0. The number of benzene rings is 1. The van der Waals surface area contributed by atoms with Crippen molar-refractivity contribution in [1.82, 2.24) is 20.6 Å².